The average Bonchev–Trinajstić information content (AvgIpc) is 2.20. The molecule has 2 N–H and O–H groups in total. The molecule has 0 bridgehead atoms. The van der Waals surface area contributed by atoms with Crippen LogP contribution in [0, 0.1) is 0 Å². The molecular weight excluding hydrogens is 338 g/mol. The van der Waals surface area contributed by atoms with Gasteiger partial charge in [0, 0.05) is 15.5 Å². The van der Waals surface area contributed by atoms with Crippen LogP contribution in [0.3, 0.4) is 0 Å². The summed E-state index contributed by atoms with van der Waals surface area (Å²) in [6, 6.07) is 3.43. The molecule has 0 heterocycles. The van der Waals surface area contributed by atoms with Crippen LogP contribution in [0.2, 0.25) is 0 Å². The molecule has 0 aliphatic carbocycles. The van der Waals surface area contributed by atoms with Crippen molar-refractivity contribution in [1.82, 2.24) is 0 Å². The molecule has 1 aromatic carbocycles. The highest BCUT2D eigenvalue weighted by Crippen LogP contribution is 2.30. The van der Waals surface area contributed by atoms with E-state index in [1.54, 1.807) is 6.07 Å². The highest BCUT2D eigenvalue weighted by Gasteiger charge is 2.13. The summed E-state index contributed by atoms with van der Waals surface area (Å²) in [7, 11) is 0. The predicted octanol–water partition coefficient (Wildman–Crippen LogP) is 4.12. The van der Waals surface area contributed by atoms with Gasteiger partial charge < -0.3 is 10.4 Å². The Morgan fingerprint density at radius 3 is 2.69 bits per heavy atom. The maximum atomic E-state index is 11.1. The van der Waals surface area contributed by atoms with E-state index >= 15 is 0 Å². The van der Waals surface area contributed by atoms with E-state index in [1.807, 2.05) is 6.07 Å². The number of rotatable bonds is 5. The molecule has 3 nitrogen and oxygen atoms in total. The van der Waals surface area contributed by atoms with Crippen LogP contribution in [0.5, 0.6) is 0 Å². The van der Waals surface area contributed by atoms with Gasteiger partial charge in [-0.3, -0.25) is 0 Å². The normalized spacial score (nSPS) is 10.2. The van der Waals surface area contributed by atoms with Gasteiger partial charge in [0.2, 0.25) is 0 Å². The second-order valence-corrected chi connectivity index (χ2v) is 5.17. The number of benzene rings is 1. The van der Waals surface area contributed by atoms with Crippen molar-refractivity contribution in [2.24, 2.45) is 0 Å². The van der Waals surface area contributed by atoms with Crippen LogP contribution >= 0.6 is 31.9 Å². The van der Waals surface area contributed by atoms with Crippen molar-refractivity contribution < 1.29 is 9.90 Å². The summed E-state index contributed by atoms with van der Waals surface area (Å²) >= 11 is 6.64. The molecule has 0 aliphatic rings. The largest absolute Gasteiger partial charge is 0.478 e. The third kappa shape index (κ3) is 3.49. The lowest BCUT2D eigenvalue weighted by molar-refractivity contribution is 0.0698. The summed E-state index contributed by atoms with van der Waals surface area (Å²) in [4.78, 5) is 11.1. The van der Waals surface area contributed by atoms with Gasteiger partial charge in [0.1, 0.15) is 0 Å². The lowest BCUT2D eigenvalue weighted by Crippen LogP contribution is -2.08. The van der Waals surface area contributed by atoms with Crippen LogP contribution in [-0.4, -0.2) is 17.6 Å². The average molecular weight is 351 g/mol. The molecule has 0 spiro atoms. The molecule has 0 amide bonds. The number of hydrogen-bond donors (Lipinski definition) is 2. The predicted molar refractivity (Wildman–Crippen MR) is 72.2 cm³/mol. The highest BCUT2D eigenvalue weighted by molar-refractivity contribution is 9.11. The zero-order chi connectivity index (χ0) is 12.1. The van der Waals surface area contributed by atoms with Crippen LogP contribution in [0.25, 0.3) is 0 Å². The molecule has 0 radical (unpaired) electrons. The maximum Gasteiger partial charge on any atom is 0.337 e. The SMILES string of the molecule is CCCCNc1c(Br)cc(Br)cc1C(=O)O. The fourth-order valence-electron chi connectivity index (χ4n) is 1.31. The second kappa shape index (κ2) is 6.25. The summed E-state index contributed by atoms with van der Waals surface area (Å²) in [6.45, 7) is 2.87. The van der Waals surface area contributed by atoms with Gasteiger partial charge in [0.25, 0.3) is 0 Å². The van der Waals surface area contributed by atoms with Gasteiger partial charge in [0.05, 0.1) is 11.3 Å². The van der Waals surface area contributed by atoms with Gasteiger partial charge in [-0.25, -0.2) is 4.79 Å². The van der Waals surface area contributed by atoms with E-state index in [2.05, 4.69) is 44.1 Å². The van der Waals surface area contributed by atoms with Gasteiger partial charge in [-0.05, 0) is 34.5 Å². The van der Waals surface area contributed by atoms with Crippen molar-refractivity contribution >= 4 is 43.5 Å². The first-order valence-electron chi connectivity index (χ1n) is 5.02. The summed E-state index contributed by atoms with van der Waals surface area (Å²) in [5.74, 6) is -0.930. The number of halogens is 2. The number of carboxylic acid groups (broad SMARTS) is 1. The Bertz CT molecular complexity index is 394. The molecule has 0 fully saturated rings. The smallest absolute Gasteiger partial charge is 0.337 e. The standard InChI is InChI=1S/C11H13Br2NO2/c1-2-3-4-14-10-8(11(15)16)5-7(12)6-9(10)13/h5-6,14H,2-4H2,1H3,(H,15,16). The first-order chi connectivity index (χ1) is 7.56. The van der Waals surface area contributed by atoms with Gasteiger partial charge in [0.15, 0.2) is 0 Å². The van der Waals surface area contributed by atoms with Crippen LogP contribution < -0.4 is 5.32 Å². The Morgan fingerprint density at radius 1 is 1.44 bits per heavy atom. The zero-order valence-corrected chi connectivity index (χ0v) is 12.1. The Hall–Kier alpha value is -0.550. The zero-order valence-electron chi connectivity index (χ0n) is 8.89. The third-order valence-corrected chi connectivity index (χ3v) is 3.20. The highest BCUT2D eigenvalue weighted by atomic mass is 79.9. The van der Waals surface area contributed by atoms with E-state index < -0.39 is 5.97 Å². The molecule has 88 valence electrons. The maximum absolute atomic E-state index is 11.1. The van der Waals surface area contributed by atoms with E-state index in [0.29, 0.717) is 5.69 Å². The van der Waals surface area contributed by atoms with E-state index in [9.17, 15) is 4.79 Å². The van der Waals surface area contributed by atoms with Crippen molar-refractivity contribution in [2.45, 2.75) is 19.8 Å². The van der Waals surface area contributed by atoms with Crippen molar-refractivity contribution in [2.75, 3.05) is 11.9 Å². The van der Waals surface area contributed by atoms with Crippen molar-refractivity contribution in [3.63, 3.8) is 0 Å². The minimum absolute atomic E-state index is 0.275. The summed E-state index contributed by atoms with van der Waals surface area (Å²) in [6.07, 6.45) is 2.09. The molecular formula is C11H13Br2NO2. The van der Waals surface area contributed by atoms with Crippen molar-refractivity contribution in [1.29, 1.82) is 0 Å². The van der Waals surface area contributed by atoms with E-state index in [4.69, 9.17) is 5.11 Å². The van der Waals surface area contributed by atoms with Crippen LogP contribution in [-0.2, 0) is 0 Å². The minimum atomic E-state index is -0.930. The molecule has 16 heavy (non-hydrogen) atoms. The molecule has 0 saturated heterocycles. The first-order valence-corrected chi connectivity index (χ1v) is 6.61. The third-order valence-electron chi connectivity index (χ3n) is 2.12. The lowest BCUT2D eigenvalue weighted by Gasteiger charge is -2.11. The fourth-order valence-corrected chi connectivity index (χ4v) is 2.68. The first kappa shape index (κ1) is 13.5. The van der Waals surface area contributed by atoms with Crippen molar-refractivity contribution in [3.05, 3.63) is 26.6 Å². The Labute approximate surface area is 111 Å². The molecule has 0 aromatic heterocycles. The molecule has 0 saturated carbocycles. The summed E-state index contributed by atoms with van der Waals surface area (Å²) in [5.41, 5.74) is 0.918. The topological polar surface area (TPSA) is 49.3 Å². The Balaban J connectivity index is 2.99. The number of aromatic carboxylic acids is 1. The van der Waals surface area contributed by atoms with Gasteiger partial charge in [-0.2, -0.15) is 0 Å². The molecule has 0 unspecified atom stereocenters. The molecule has 1 rings (SSSR count). The van der Waals surface area contributed by atoms with Crippen LogP contribution in [0.15, 0.2) is 21.1 Å². The minimum Gasteiger partial charge on any atom is -0.478 e. The fraction of sp³-hybridized carbons (Fsp3) is 0.364. The van der Waals surface area contributed by atoms with Gasteiger partial charge in [-0.1, -0.05) is 29.3 Å². The van der Waals surface area contributed by atoms with Crippen LogP contribution in [0.4, 0.5) is 5.69 Å². The number of unbranched alkanes of at least 4 members (excludes halogenated alkanes) is 1. The summed E-state index contributed by atoms with van der Waals surface area (Å²) < 4.78 is 1.51. The van der Waals surface area contributed by atoms with E-state index in [0.717, 1.165) is 28.3 Å². The quantitative estimate of drug-likeness (QED) is 0.785. The van der Waals surface area contributed by atoms with E-state index in [-0.39, 0.29) is 5.56 Å². The van der Waals surface area contributed by atoms with Crippen LogP contribution in [0.1, 0.15) is 30.1 Å². The number of hydrogen-bond acceptors (Lipinski definition) is 2. The second-order valence-electron chi connectivity index (χ2n) is 3.40. The van der Waals surface area contributed by atoms with Gasteiger partial charge in [-0.15, -0.1) is 0 Å². The number of nitrogens with one attached hydrogen (secondary N) is 1. The molecule has 5 heteroatoms. The number of carbonyl (C=O) groups is 1. The van der Waals surface area contributed by atoms with E-state index in [1.165, 1.54) is 0 Å². The molecule has 0 atom stereocenters. The Morgan fingerprint density at radius 2 is 2.12 bits per heavy atom. The van der Waals surface area contributed by atoms with Gasteiger partial charge >= 0.3 is 5.97 Å². The Kier molecular flexibility index (Phi) is 5.28. The monoisotopic (exact) mass is 349 g/mol. The number of carboxylic acids is 1. The summed E-state index contributed by atoms with van der Waals surface area (Å²) in [5, 5.41) is 12.2. The number of anilines is 1. The molecule has 1 aromatic rings. The lowest BCUT2D eigenvalue weighted by atomic mass is 10.1. The van der Waals surface area contributed by atoms with Crippen molar-refractivity contribution in [3.8, 4) is 0 Å². The molecule has 0 aliphatic heterocycles.